The van der Waals surface area contributed by atoms with Crippen LogP contribution in [0.3, 0.4) is 0 Å². The molecule has 1 aliphatic rings. The Morgan fingerprint density at radius 1 is 1.50 bits per heavy atom. The summed E-state index contributed by atoms with van der Waals surface area (Å²) in [6.07, 6.45) is 1.56. The first-order chi connectivity index (χ1) is 7.61. The summed E-state index contributed by atoms with van der Waals surface area (Å²) in [7, 11) is 0. The SMILES string of the molecule is NC(=O)C1CCCN1c1cccc(F)c1N. The lowest BCUT2D eigenvalue weighted by molar-refractivity contribution is -0.119. The molecule has 16 heavy (non-hydrogen) atoms. The summed E-state index contributed by atoms with van der Waals surface area (Å²) in [5, 5.41) is 0. The Morgan fingerprint density at radius 2 is 2.25 bits per heavy atom. The molecule has 0 saturated carbocycles. The first-order valence-electron chi connectivity index (χ1n) is 5.21. The van der Waals surface area contributed by atoms with Gasteiger partial charge in [0.25, 0.3) is 0 Å². The smallest absolute Gasteiger partial charge is 0.240 e. The van der Waals surface area contributed by atoms with Crippen LogP contribution >= 0.6 is 0 Å². The molecule has 1 unspecified atom stereocenters. The molecule has 0 spiro atoms. The van der Waals surface area contributed by atoms with E-state index in [0.29, 0.717) is 18.7 Å². The van der Waals surface area contributed by atoms with E-state index in [1.807, 2.05) is 0 Å². The average Bonchev–Trinajstić information content (AvgIpc) is 2.70. The predicted octanol–water partition coefficient (Wildman–Crippen LogP) is 0.862. The lowest BCUT2D eigenvalue weighted by Gasteiger charge is -2.25. The fourth-order valence-electron chi connectivity index (χ4n) is 2.13. The van der Waals surface area contributed by atoms with Crippen molar-refractivity contribution >= 4 is 17.3 Å². The van der Waals surface area contributed by atoms with Crippen molar-refractivity contribution in [1.82, 2.24) is 0 Å². The minimum absolute atomic E-state index is 0.0793. The zero-order chi connectivity index (χ0) is 11.7. The van der Waals surface area contributed by atoms with Crippen molar-refractivity contribution in [1.29, 1.82) is 0 Å². The summed E-state index contributed by atoms with van der Waals surface area (Å²) in [6.45, 7) is 0.682. The lowest BCUT2D eigenvalue weighted by Crippen LogP contribution is -2.40. The third-order valence-corrected chi connectivity index (χ3v) is 2.92. The number of nitrogen functional groups attached to an aromatic ring is 1. The van der Waals surface area contributed by atoms with E-state index < -0.39 is 5.82 Å². The number of anilines is 2. The minimum Gasteiger partial charge on any atom is -0.395 e. The van der Waals surface area contributed by atoms with Crippen LogP contribution in [-0.4, -0.2) is 18.5 Å². The van der Waals surface area contributed by atoms with Crippen LogP contribution in [0, 0.1) is 5.82 Å². The highest BCUT2D eigenvalue weighted by Crippen LogP contribution is 2.31. The number of amides is 1. The number of hydrogen-bond acceptors (Lipinski definition) is 3. The van der Waals surface area contributed by atoms with Gasteiger partial charge in [0.15, 0.2) is 0 Å². The number of primary amides is 1. The highest BCUT2D eigenvalue weighted by atomic mass is 19.1. The summed E-state index contributed by atoms with van der Waals surface area (Å²) < 4.78 is 13.3. The Bertz CT molecular complexity index is 422. The van der Waals surface area contributed by atoms with E-state index in [1.165, 1.54) is 6.07 Å². The van der Waals surface area contributed by atoms with Crippen molar-refractivity contribution < 1.29 is 9.18 Å². The Labute approximate surface area is 93.0 Å². The van der Waals surface area contributed by atoms with Gasteiger partial charge in [-0.15, -0.1) is 0 Å². The molecular formula is C11H14FN3O. The van der Waals surface area contributed by atoms with Crippen molar-refractivity contribution in [3.63, 3.8) is 0 Å². The van der Waals surface area contributed by atoms with Gasteiger partial charge >= 0.3 is 0 Å². The highest BCUT2D eigenvalue weighted by Gasteiger charge is 2.30. The molecule has 0 bridgehead atoms. The second-order valence-corrected chi connectivity index (χ2v) is 3.93. The number of halogens is 1. The molecular weight excluding hydrogens is 209 g/mol. The Balaban J connectivity index is 2.36. The number of rotatable bonds is 2. The normalized spacial score (nSPS) is 20.1. The van der Waals surface area contributed by atoms with Crippen LogP contribution in [0.4, 0.5) is 15.8 Å². The average molecular weight is 223 g/mol. The van der Waals surface area contributed by atoms with Gasteiger partial charge in [0.1, 0.15) is 11.9 Å². The molecule has 86 valence electrons. The first kappa shape index (κ1) is 10.7. The number of carbonyl (C=O) groups excluding carboxylic acids is 1. The number of para-hydroxylation sites is 1. The largest absolute Gasteiger partial charge is 0.395 e. The molecule has 1 aromatic rings. The maximum Gasteiger partial charge on any atom is 0.240 e. The molecule has 1 amide bonds. The molecule has 1 heterocycles. The van der Waals surface area contributed by atoms with Crippen molar-refractivity contribution in [2.24, 2.45) is 5.73 Å². The number of nitrogens with zero attached hydrogens (tertiary/aromatic N) is 1. The first-order valence-corrected chi connectivity index (χ1v) is 5.21. The van der Waals surface area contributed by atoms with Crippen LogP contribution in [0.25, 0.3) is 0 Å². The zero-order valence-electron chi connectivity index (χ0n) is 8.82. The zero-order valence-corrected chi connectivity index (χ0v) is 8.82. The lowest BCUT2D eigenvalue weighted by atomic mass is 10.2. The summed E-state index contributed by atoms with van der Waals surface area (Å²) in [5.74, 6) is -0.853. The van der Waals surface area contributed by atoms with E-state index >= 15 is 0 Å². The summed E-state index contributed by atoms with van der Waals surface area (Å²) in [5.41, 5.74) is 11.6. The van der Waals surface area contributed by atoms with Gasteiger partial charge < -0.3 is 16.4 Å². The molecule has 2 rings (SSSR count). The van der Waals surface area contributed by atoms with Gasteiger partial charge in [0.05, 0.1) is 11.4 Å². The van der Waals surface area contributed by atoms with Crippen LogP contribution < -0.4 is 16.4 Å². The third kappa shape index (κ3) is 1.68. The Morgan fingerprint density at radius 3 is 2.94 bits per heavy atom. The van der Waals surface area contributed by atoms with Crippen molar-refractivity contribution in [3.8, 4) is 0 Å². The van der Waals surface area contributed by atoms with Crippen molar-refractivity contribution in [2.75, 3.05) is 17.2 Å². The number of nitrogens with two attached hydrogens (primary N) is 2. The van der Waals surface area contributed by atoms with Crippen LogP contribution in [0.5, 0.6) is 0 Å². The fraction of sp³-hybridized carbons (Fsp3) is 0.364. The molecule has 1 atom stereocenters. The van der Waals surface area contributed by atoms with Gasteiger partial charge in [-0.3, -0.25) is 4.79 Å². The monoisotopic (exact) mass is 223 g/mol. The molecule has 5 heteroatoms. The molecule has 4 nitrogen and oxygen atoms in total. The van der Waals surface area contributed by atoms with Crippen LogP contribution in [-0.2, 0) is 4.79 Å². The van der Waals surface area contributed by atoms with Crippen LogP contribution in [0.2, 0.25) is 0 Å². The number of hydrogen-bond donors (Lipinski definition) is 2. The topological polar surface area (TPSA) is 72.4 Å². The van der Waals surface area contributed by atoms with Gasteiger partial charge in [0.2, 0.25) is 5.91 Å². The fourth-order valence-corrected chi connectivity index (χ4v) is 2.13. The van der Waals surface area contributed by atoms with Gasteiger partial charge in [-0.25, -0.2) is 4.39 Å². The van der Waals surface area contributed by atoms with E-state index in [4.69, 9.17) is 11.5 Å². The van der Waals surface area contributed by atoms with Gasteiger partial charge in [0, 0.05) is 6.54 Å². The second-order valence-electron chi connectivity index (χ2n) is 3.93. The van der Waals surface area contributed by atoms with Gasteiger partial charge in [-0.1, -0.05) is 6.07 Å². The second kappa shape index (κ2) is 4.00. The molecule has 0 aromatic heterocycles. The minimum atomic E-state index is -0.465. The maximum absolute atomic E-state index is 13.3. The number of benzene rings is 1. The van der Waals surface area contributed by atoms with E-state index in [9.17, 15) is 9.18 Å². The maximum atomic E-state index is 13.3. The molecule has 1 aliphatic heterocycles. The number of carbonyl (C=O) groups is 1. The van der Waals surface area contributed by atoms with Crippen molar-refractivity contribution in [2.45, 2.75) is 18.9 Å². The summed E-state index contributed by atoms with van der Waals surface area (Å²) in [6, 6.07) is 4.22. The molecule has 1 fully saturated rings. The molecule has 1 saturated heterocycles. The molecule has 0 aliphatic carbocycles. The van der Waals surface area contributed by atoms with Crippen molar-refractivity contribution in [3.05, 3.63) is 24.0 Å². The Kier molecular flexibility index (Phi) is 2.68. The van der Waals surface area contributed by atoms with Crippen LogP contribution in [0.15, 0.2) is 18.2 Å². The van der Waals surface area contributed by atoms with Crippen LogP contribution in [0.1, 0.15) is 12.8 Å². The predicted molar refractivity (Wildman–Crippen MR) is 60.4 cm³/mol. The Hall–Kier alpha value is -1.78. The van der Waals surface area contributed by atoms with E-state index in [-0.39, 0.29) is 17.6 Å². The standard InChI is InChI=1S/C11H14FN3O/c12-7-3-1-4-8(10(7)13)15-6-2-5-9(15)11(14)16/h1,3-4,9H,2,5-6,13H2,(H2,14,16). The van der Waals surface area contributed by atoms with Gasteiger partial charge in [-0.05, 0) is 25.0 Å². The van der Waals surface area contributed by atoms with E-state index in [0.717, 1.165) is 6.42 Å². The third-order valence-electron chi connectivity index (χ3n) is 2.92. The van der Waals surface area contributed by atoms with Gasteiger partial charge in [-0.2, -0.15) is 0 Å². The summed E-state index contributed by atoms with van der Waals surface area (Å²) >= 11 is 0. The quantitative estimate of drug-likeness (QED) is 0.730. The molecule has 0 radical (unpaired) electrons. The molecule has 4 N–H and O–H groups in total. The van der Waals surface area contributed by atoms with E-state index in [2.05, 4.69) is 0 Å². The van der Waals surface area contributed by atoms with E-state index in [1.54, 1.807) is 17.0 Å². The summed E-state index contributed by atoms with van der Waals surface area (Å²) in [4.78, 5) is 13.0. The highest BCUT2D eigenvalue weighted by molar-refractivity contribution is 5.86. The molecule has 1 aromatic carbocycles.